The van der Waals surface area contributed by atoms with Crippen molar-refractivity contribution in [3.63, 3.8) is 0 Å². The zero-order chi connectivity index (χ0) is 15.9. The molecule has 1 aromatic rings. The molecule has 4 nitrogen and oxygen atoms in total. The number of nitrogens with zero attached hydrogens (tertiary/aromatic N) is 1. The maximum atomic E-state index is 12.0. The molecule has 0 radical (unpaired) electrons. The summed E-state index contributed by atoms with van der Waals surface area (Å²) >= 11 is 0. The molecule has 0 bridgehead atoms. The number of rotatable bonds is 8. The van der Waals surface area contributed by atoms with Crippen molar-refractivity contribution in [2.24, 2.45) is 5.73 Å². The van der Waals surface area contributed by atoms with Crippen molar-refractivity contribution in [2.45, 2.75) is 52.1 Å². The van der Waals surface area contributed by atoms with Gasteiger partial charge in [0.2, 0.25) is 5.91 Å². The fourth-order valence-electron chi connectivity index (χ4n) is 2.05. The third kappa shape index (κ3) is 5.86. The third-order valence-electron chi connectivity index (χ3n) is 4.24. The first-order chi connectivity index (χ1) is 9.89. The van der Waals surface area contributed by atoms with Gasteiger partial charge in [-0.1, -0.05) is 19.1 Å². The average molecular weight is 291 g/mol. The Hall–Kier alpha value is -1.39. The number of hydrogen-bond acceptors (Lipinski definition) is 3. The molecule has 0 heterocycles. The van der Waals surface area contributed by atoms with Gasteiger partial charge in [0.1, 0.15) is 0 Å². The molecule has 21 heavy (non-hydrogen) atoms. The Labute approximate surface area is 128 Å². The summed E-state index contributed by atoms with van der Waals surface area (Å²) in [4.78, 5) is 14.3. The summed E-state index contributed by atoms with van der Waals surface area (Å²) < 4.78 is 0. The van der Waals surface area contributed by atoms with E-state index in [1.165, 1.54) is 0 Å². The molecule has 1 rings (SSSR count). The number of nitrogens with one attached hydrogen (secondary N) is 1. The van der Waals surface area contributed by atoms with Crippen LogP contribution < -0.4 is 11.1 Å². The van der Waals surface area contributed by atoms with E-state index in [0.717, 1.165) is 30.6 Å². The van der Waals surface area contributed by atoms with Gasteiger partial charge in [-0.25, -0.2) is 0 Å². The van der Waals surface area contributed by atoms with E-state index in [9.17, 15) is 4.79 Å². The molecule has 0 aliphatic carbocycles. The fourth-order valence-corrected chi connectivity index (χ4v) is 2.05. The van der Waals surface area contributed by atoms with Gasteiger partial charge in [-0.05, 0) is 58.0 Å². The molecule has 0 aliphatic rings. The Bertz CT molecular complexity index is 457. The van der Waals surface area contributed by atoms with E-state index < -0.39 is 0 Å². The van der Waals surface area contributed by atoms with Crippen LogP contribution >= 0.6 is 0 Å². The molecule has 1 aromatic carbocycles. The molecule has 1 amide bonds. The van der Waals surface area contributed by atoms with Crippen molar-refractivity contribution >= 4 is 11.6 Å². The van der Waals surface area contributed by atoms with Gasteiger partial charge < -0.3 is 16.0 Å². The van der Waals surface area contributed by atoms with E-state index in [4.69, 9.17) is 5.73 Å². The first-order valence-electron chi connectivity index (χ1n) is 7.69. The lowest BCUT2D eigenvalue weighted by atomic mass is 10.00. The van der Waals surface area contributed by atoms with Crippen molar-refractivity contribution in [3.8, 4) is 0 Å². The third-order valence-corrected chi connectivity index (χ3v) is 4.24. The smallest absolute Gasteiger partial charge is 0.224 e. The number of hydrogen-bond donors (Lipinski definition) is 2. The van der Waals surface area contributed by atoms with Gasteiger partial charge in [0.25, 0.3) is 0 Å². The molecule has 0 saturated heterocycles. The minimum atomic E-state index is 0.0619. The van der Waals surface area contributed by atoms with Crippen LogP contribution in [0.2, 0.25) is 0 Å². The summed E-state index contributed by atoms with van der Waals surface area (Å²) in [6.45, 7) is 8.06. The van der Waals surface area contributed by atoms with Crippen LogP contribution in [0.1, 0.15) is 45.6 Å². The number of carbonyl (C=O) groups excluding carboxylic acids is 1. The van der Waals surface area contributed by atoms with Gasteiger partial charge >= 0.3 is 0 Å². The molecule has 4 heteroatoms. The van der Waals surface area contributed by atoms with Gasteiger partial charge in [-0.2, -0.15) is 0 Å². The Balaban J connectivity index is 2.37. The highest BCUT2D eigenvalue weighted by atomic mass is 16.1. The SMILES string of the molecule is CCC(C)(C)N(C)CCCC(=O)Nc1cccc(CN)c1. The maximum Gasteiger partial charge on any atom is 0.224 e. The molecule has 0 spiro atoms. The van der Waals surface area contributed by atoms with E-state index in [2.05, 4.69) is 38.0 Å². The number of amides is 1. The Morgan fingerprint density at radius 2 is 2.10 bits per heavy atom. The molecule has 0 saturated carbocycles. The lowest BCUT2D eigenvalue weighted by Gasteiger charge is -2.34. The van der Waals surface area contributed by atoms with Gasteiger partial charge in [-0.3, -0.25) is 4.79 Å². The van der Waals surface area contributed by atoms with Crippen molar-refractivity contribution in [2.75, 3.05) is 18.9 Å². The normalized spacial score (nSPS) is 11.7. The number of carbonyl (C=O) groups is 1. The summed E-state index contributed by atoms with van der Waals surface area (Å²) in [5.41, 5.74) is 7.63. The van der Waals surface area contributed by atoms with E-state index in [0.29, 0.717) is 13.0 Å². The Kier molecular flexibility index (Phi) is 6.85. The van der Waals surface area contributed by atoms with Crippen LogP contribution in [0.5, 0.6) is 0 Å². The topological polar surface area (TPSA) is 58.4 Å². The zero-order valence-electron chi connectivity index (χ0n) is 13.8. The first kappa shape index (κ1) is 17.7. The molecule has 0 unspecified atom stereocenters. The predicted molar refractivity (Wildman–Crippen MR) is 89.2 cm³/mol. The van der Waals surface area contributed by atoms with Crippen LogP contribution in [0.4, 0.5) is 5.69 Å². The zero-order valence-corrected chi connectivity index (χ0v) is 13.8. The Morgan fingerprint density at radius 3 is 2.71 bits per heavy atom. The van der Waals surface area contributed by atoms with Gasteiger partial charge in [-0.15, -0.1) is 0 Å². The van der Waals surface area contributed by atoms with Crippen LogP contribution in [-0.4, -0.2) is 29.9 Å². The van der Waals surface area contributed by atoms with Crippen molar-refractivity contribution in [1.82, 2.24) is 4.90 Å². The highest BCUT2D eigenvalue weighted by Gasteiger charge is 2.20. The molecule has 0 aromatic heterocycles. The molecular weight excluding hydrogens is 262 g/mol. The van der Waals surface area contributed by atoms with Crippen LogP contribution in [0.15, 0.2) is 24.3 Å². The molecule has 0 fully saturated rings. The minimum Gasteiger partial charge on any atom is -0.326 e. The first-order valence-corrected chi connectivity index (χ1v) is 7.69. The van der Waals surface area contributed by atoms with Crippen molar-refractivity contribution in [1.29, 1.82) is 0 Å². The lowest BCUT2D eigenvalue weighted by Crippen LogP contribution is -2.41. The minimum absolute atomic E-state index is 0.0619. The highest BCUT2D eigenvalue weighted by Crippen LogP contribution is 2.17. The fraction of sp³-hybridized carbons (Fsp3) is 0.588. The van der Waals surface area contributed by atoms with Crippen LogP contribution in [0.25, 0.3) is 0 Å². The van der Waals surface area contributed by atoms with Crippen LogP contribution in [-0.2, 0) is 11.3 Å². The van der Waals surface area contributed by atoms with E-state index in [1.807, 2.05) is 24.3 Å². The van der Waals surface area contributed by atoms with Crippen LogP contribution in [0.3, 0.4) is 0 Å². The number of anilines is 1. The molecule has 0 atom stereocenters. The molecule has 118 valence electrons. The van der Waals surface area contributed by atoms with Gasteiger partial charge in [0, 0.05) is 24.2 Å². The summed E-state index contributed by atoms with van der Waals surface area (Å²) in [7, 11) is 2.12. The quantitative estimate of drug-likeness (QED) is 0.774. The summed E-state index contributed by atoms with van der Waals surface area (Å²) in [6, 6.07) is 7.68. The largest absolute Gasteiger partial charge is 0.326 e. The summed E-state index contributed by atoms with van der Waals surface area (Å²) in [6.07, 6.45) is 2.50. The van der Waals surface area contributed by atoms with Gasteiger partial charge in [0.15, 0.2) is 0 Å². The molecular formula is C17H29N3O. The standard InChI is InChI=1S/C17H29N3O/c1-5-17(2,3)20(4)11-7-10-16(21)19-15-9-6-8-14(12-15)13-18/h6,8-9,12H,5,7,10-11,13,18H2,1-4H3,(H,19,21). The second-order valence-corrected chi connectivity index (χ2v) is 6.14. The van der Waals surface area contributed by atoms with Crippen molar-refractivity contribution < 1.29 is 4.79 Å². The summed E-state index contributed by atoms with van der Waals surface area (Å²) in [5, 5.41) is 2.93. The molecule has 3 N–H and O–H groups in total. The molecule has 0 aliphatic heterocycles. The highest BCUT2D eigenvalue weighted by molar-refractivity contribution is 5.90. The second kappa shape index (κ2) is 8.15. The summed E-state index contributed by atoms with van der Waals surface area (Å²) in [5.74, 6) is 0.0619. The van der Waals surface area contributed by atoms with Gasteiger partial charge in [0.05, 0.1) is 0 Å². The van der Waals surface area contributed by atoms with E-state index in [-0.39, 0.29) is 11.4 Å². The average Bonchev–Trinajstić information content (AvgIpc) is 2.47. The number of nitrogens with two attached hydrogens (primary N) is 1. The van der Waals surface area contributed by atoms with E-state index in [1.54, 1.807) is 0 Å². The van der Waals surface area contributed by atoms with Crippen molar-refractivity contribution in [3.05, 3.63) is 29.8 Å². The predicted octanol–water partition coefficient (Wildman–Crippen LogP) is 2.98. The lowest BCUT2D eigenvalue weighted by molar-refractivity contribution is -0.116. The van der Waals surface area contributed by atoms with Crippen LogP contribution in [0, 0.1) is 0 Å². The maximum absolute atomic E-state index is 12.0. The Morgan fingerprint density at radius 1 is 1.38 bits per heavy atom. The number of benzene rings is 1. The second-order valence-electron chi connectivity index (χ2n) is 6.14. The monoisotopic (exact) mass is 291 g/mol. The van der Waals surface area contributed by atoms with E-state index >= 15 is 0 Å².